The zero-order valence-electron chi connectivity index (χ0n) is 19.3. The molecule has 0 aromatic carbocycles. The number of aryl methyl sites for hydroxylation is 1. The van der Waals surface area contributed by atoms with Crippen LogP contribution in [0.5, 0.6) is 0 Å². The van der Waals surface area contributed by atoms with E-state index in [1.165, 1.54) is 7.05 Å². The molecule has 0 spiro atoms. The average Bonchev–Trinajstić information content (AvgIpc) is 3.43. The monoisotopic (exact) mass is 474 g/mol. The highest BCUT2D eigenvalue weighted by atomic mass is 16.3. The second-order valence-corrected chi connectivity index (χ2v) is 8.65. The summed E-state index contributed by atoms with van der Waals surface area (Å²) >= 11 is 0. The molecule has 1 aliphatic rings. The molecule has 0 unspecified atom stereocenters. The molecule has 5 rings (SSSR count). The van der Waals surface area contributed by atoms with Crippen molar-refractivity contribution in [3.63, 3.8) is 0 Å². The van der Waals surface area contributed by atoms with Gasteiger partial charge in [-0.05, 0) is 37.1 Å². The molecule has 1 aliphatic carbocycles. The van der Waals surface area contributed by atoms with Crippen LogP contribution in [0.4, 0.5) is 5.82 Å². The number of carbonyl (C=O) groups excluding carboxylic acids is 1. The van der Waals surface area contributed by atoms with Gasteiger partial charge in [0.1, 0.15) is 11.6 Å². The normalized spacial score (nSPS) is 21.8. The molecule has 4 N–H and O–H groups in total. The second-order valence-electron chi connectivity index (χ2n) is 8.65. The summed E-state index contributed by atoms with van der Waals surface area (Å²) in [5.41, 5.74) is 3.52. The van der Waals surface area contributed by atoms with Crippen LogP contribution in [-0.2, 0) is 11.3 Å². The molecule has 180 valence electrons. The van der Waals surface area contributed by atoms with E-state index < -0.39 is 24.2 Å². The summed E-state index contributed by atoms with van der Waals surface area (Å²) in [4.78, 5) is 34.8. The molecule has 0 bridgehead atoms. The predicted octanol–water partition coefficient (Wildman–Crippen LogP) is 1.23. The van der Waals surface area contributed by atoms with Gasteiger partial charge in [0.25, 0.3) is 0 Å². The lowest BCUT2D eigenvalue weighted by atomic mass is 10.1. The summed E-state index contributed by atoms with van der Waals surface area (Å²) in [5, 5.41) is 27.2. The molecule has 0 aliphatic heterocycles. The van der Waals surface area contributed by atoms with Crippen molar-refractivity contribution < 1.29 is 15.0 Å². The van der Waals surface area contributed by atoms with E-state index in [0.29, 0.717) is 29.4 Å². The van der Waals surface area contributed by atoms with E-state index in [2.05, 4.69) is 25.6 Å². The number of fused-ring (bicyclic) bond motifs is 1. The van der Waals surface area contributed by atoms with Crippen molar-refractivity contribution in [1.82, 2.24) is 34.8 Å². The summed E-state index contributed by atoms with van der Waals surface area (Å²) in [6, 6.07) is 7.02. The van der Waals surface area contributed by atoms with Gasteiger partial charge in [-0.3, -0.25) is 14.8 Å². The van der Waals surface area contributed by atoms with E-state index in [0.717, 1.165) is 16.8 Å². The Hall–Kier alpha value is -3.96. The first kappa shape index (κ1) is 22.8. The number of rotatable bonds is 6. The first-order valence-electron chi connectivity index (χ1n) is 11.3. The minimum atomic E-state index is -1.19. The number of carbonyl (C=O) groups is 1. The lowest BCUT2D eigenvalue weighted by Gasteiger charge is -2.18. The zero-order valence-corrected chi connectivity index (χ0v) is 19.3. The van der Waals surface area contributed by atoms with Crippen molar-refractivity contribution in [2.75, 3.05) is 12.4 Å². The van der Waals surface area contributed by atoms with Crippen LogP contribution in [0, 0.1) is 12.8 Å². The van der Waals surface area contributed by atoms with Crippen molar-refractivity contribution in [1.29, 1.82) is 0 Å². The maximum absolute atomic E-state index is 12.2. The van der Waals surface area contributed by atoms with Crippen LogP contribution >= 0.6 is 0 Å². The van der Waals surface area contributed by atoms with Gasteiger partial charge in [-0.15, -0.1) is 0 Å². The van der Waals surface area contributed by atoms with E-state index in [1.54, 1.807) is 29.5 Å². The number of imidazole rings is 1. The number of hydrogen-bond donors (Lipinski definition) is 4. The molecule has 35 heavy (non-hydrogen) atoms. The van der Waals surface area contributed by atoms with Crippen molar-refractivity contribution in [3.05, 3.63) is 60.4 Å². The minimum absolute atomic E-state index is 0.246. The predicted molar refractivity (Wildman–Crippen MR) is 128 cm³/mol. The number of aromatic nitrogens is 6. The molecular formula is C24H26N8O3. The summed E-state index contributed by atoms with van der Waals surface area (Å²) < 4.78 is 1.71. The number of nitrogens with one attached hydrogen (secondary N) is 2. The molecule has 4 aromatic rings. The average molecular weight is 475 g/mol. The summed E-state index contributed by atoms with van der Waals surface area (Å²) in [7, 11) is 1.51. The van der Waals surface area contributed by atoms with Crippen molar-refractivity contribution in [2.45, 2.75) is 38.1 Å². The minimum Gasteiger partial charge on any atom is -0.390 e. The Kier molecular flexibility index (Phi) is 6.10. The third-order valence-corrected chi connectivity index (χ3v) is 6.31. The molecule has 4 aromatic heterocycles. The van der Waals surface area contributed by atoms with E-state index in [4.69, 9.17) is 9.97 Å². The summed E-state index contributed by atoms with van der Waals surface area (Å²) in [5.74, 6) is -0.106. The smallest absolute Gasteiger partial charge is 0.225 e. The number of pyridine rings is 2. The fourth-order valence-electron chi connectivity index (χ4n) is 4.50. The van der Waals surface area contributed by atoms with Crippen LogP contribution in [-0.4, -0.2) is 64.9 Å². The van der Waals surface area contributed by atoms with Gasteiger partial charge in [-0.2, -0.15) is 0 Å². The van der Waals surface area contributed by atoms with Gasteiger partial charge < -0.3 is 25.4 Å². The number of amides is 1. The Balaban J connectivity index is 1.58. The van der Waals surface area contributed by atoms with Crippen molar-refractivity contribution in [2.24, 2.45) is 5.92 Å². The maximum atomic E-state index is 12.2. The SMILES string of the molecule is CNC(=O)[C@H]1C[C@@H](n2cnc3c(NCc4ccccn4)nc(-c4cncc(C)c4)nc32)[C@H](O)[C@@H]1O. The summed E-state index contributed by atoms with van der Waals surface area (Å²) in [6.45, 7) is 2.36. The van der Waals surface area contributed by atoms with Crippen LogP contribution in [0.25, 0.3) is 22.6 Å². The Bertz CT molecular complexity index is 1360. The Morgan fingerprint density at radius 1 is 1.17 bits per heavy atom. The molecule has 4 heterocycles. The van der Waals surface area contributed by atoms with Crippen LogP contribution in [0.2, 0.25) is 0 Å². The zero-order chi connectivity index (χ0) is 24.5. The number of aliphatic hydroxyl groups is 2. The fraction of sp³-hybridized carbons (Fsp3) is 0.333. The highest BCUT2D eigenvalue weighted by Gasteiger charge is 2.46. The largest absolute Gasteiger partial charge is 0.390 e. The third-order valence-electron chi connectivity index (χ3n) is 6.31. The highest BCUT2D eigenvalue weighted by Crippen LogP contribution is 2.38. The Labute approximate surface area is 201 Å². The molecule has 1 saturated carbocycles. The van der Waals surface area contributed by atoms with Gasteiger partial charge in [0.15, 0.2) is 17.3 Å². The van der Waals surface area contributed by atoms with Crippen LogP contribution in [0.3, 0.4) is 0 Å². The molecule has 11 nitrogen and oxygen atoms in total. The fourth-order valence-corrected chi connectivity index (χ4v) is 4.50. The molecule has 4 atom stereocenters. The number of anilines is 1. The maximum Gasteiger partial charge on any atom is 0.225 e. The lowest BCUT2D eigenvalue weighted by molar-refractivity contribution is -0.128. The van der Waals surface area contributed by atoms with Gasteiger partial charge in [0.2, 0.25) is 5.91 Å². The summed E-state index contributed by atoms with van der Waals surface area (Å²) in [6.07, 6.45) is 4.63. The topological polar surface area (TPSA) is 151 Å². The van der Waals surface area contributed by atoms with Crippen LogP contribution in [0.1, 0.15) is 23.7 Å². The van der Waals surface area contributed by atoms with Gasteiger partial charge in [-0.25, -0.2) is 15.0 Å². The van der Waals surface area contributed by atoms with E-state index in [-0.39, 0.29) is 12.3 Å². The number of aliphatic hydroxyl groups excluding tert-OH is 2. The molecule has 1 amide bonds. The molecule has 11 heteroatoms. The van der Waals surface area contributed by atoms with E-state index >= 15 is 0 Å². The first-order chi connectivity index (χ1) is 17.0. The van der Waals surface area contributed by atoms with Gasteiger partial charge in [0.05, 0.1) is 36.6 Å². The molecule has 0 radical (unpaired) electrons. The van der Waals surface area contributed by atoms with Gasteiger partial charge in [-0.1, -0.05) is 6.07 Å². The Morgan fingerprint density at radius 3 is 2.77 bits per heavy atom. The van der Waals surface area contributed by atoms with Crippen molar-refractivity contribution >= 4 is 22.9 Å². The second kappa shape index (κ2) is 9.35. The first-order valence-corrected chi connectivity index (χ1v) is 11.3. The molecule has 0 saturated heterocycles. The molecular weight excluding hydrogens is 448 g/mol. The van der Waals surface area contributed by atoms with Crippen molar-refractivity contribution in [3.8, 4) is 11.4 Å². The Morgan fingerprint density at radius 2 is 2.03 bits per heavy atom. The number of nitrogens with zero attached hydrogens (tertiary/aromatic N) is 6. The molecule has 1 fully saturated rings. The van der Waals surface area contributed by atoms with Crippen LogP contribution in [0.15, 0.2) is 49.2 Å². The van der Waals surface area contributed by atoms with E-state index in [1.807, 2.05) is 31.2 Å². The standard InChI is InChI=1S/C24H26N8O3/c1-13-7-14(10-26-9-13)21-30-22(28-11-15-5-3-4-6-27-15)18-23(31-21)32(12-29-18)17-8-16(24(35)25-2)19(33)20(17)34/h3-7,9-10,12,16-17,19-20,33-34H,8,11H2,1-2H3,(H,25,35)(H,28,30,31)/t16-,17+,19+,20-/m0/s1. The van der Waals surface area contributed by atoms with Gasteiger partial charge >= 0.3 is 0 Å². The quantitative estimate of drug-likeness (QED) is 0.323. The van der Waals surface area contributed by atoms with Gasteiger partial charge in [0, 0.05) is 31.2 Å². The lowest BCUT2D eigenvalue weighted by Crippen LogP contribution is -2.36. The van der Waals surface area contributed by atoms with Crippen LogP contribution < -0.4 is 10.6 Å². The van der Waals surface area contributed by atoms with E-state index in [9.17, 15) is 15.0 Å². The highest BCUT2D eigenvalue weighted by molar-refractivity contribution is 5.85. The number of hydrogen-bond acceptors (Lipinski definition) is 9. The third kappa shape index (κ3) is 4.31.